The smallest absolute Gasteiger partial charge is 0.304 e. The number of imidazole rings is 1. The van der Waals surface area contributed by atoms with Crippen molar-refractivity contribution in [3.8, 4) is 11.5 Å². The third-order valence-corrected chi connectivity index (χ3v) is 4.30. The van der Waals surface area contributed by atoms with E-state index in [4.69, 9.17) is 9.47 Å². The number of aryl methyl sites for hydroxylation is 1. The van der Waals surface area contributed by atoms with Crippen LogP contribution in [0.15, 0.2) is 42.6 Å². The van der Waals surface area contributed by atoms with Crippen LogP contribution in [0.3, 0.4) is 0 Å². The van der Waals surface area contributed by atoms with Crippen molar-refractivity contribution in [2.45, 2.75) is 19.3 Å². The molecule has 25 heavy (non-hydrogen) atoms. The number of carboxylic acids is 1. The number of nitrogens with zero attached hydrogens (tertiary/aromatic N) is 2. The average molecular weight is 340 g/mol. The van der Waals surface area contributed by atoms with Crippen LogP contribution >= 0.6 is 0 Å². The summed E-state index contributed by atoms with van der Waals surface area (Å²) in [5.74, 6) is -0.0287. The van der Waals surface area contributed by atoms with Gasteiger partial charge in [-0.1, -0.05) is 12.1 Å². The number of carboxylic acid groups (broad SMARTS) is 1. The van der Waals surface area contributed by atoms with Crippen molar-refractivity contribution in [2.24, 2.45) is 0 Å². The number of rotatable bonds is 6. The van der Waals surface area contributed by atoms with Gasteiger partial charge in [0.05, 0.1) is 26.3 Å². The van der Waals surface area contributed by atoms with Crippen LogP contribution in [0.1, 0.15) is 29.3 Å². The van der Waals surface area contributed by atoms with E-state index in [1.54, 1.807) is 26.5 Å². The second-order valence-electron chi connectivity index (χ2n) is 5.80. The lowest BCUT2D eigenvalue weighted by molar-refractivity contribution is -0.137. The second kappa shape index (κ2) is 6.84. The minimum absolute atomic E-state index is 0.0647. The lowest BCUT2D eigenvalue weighted by Crippen LogP contribution is -2.12. The van der Waals surface area contributed by atoms with Gasteiger partial charge in [0, 0.05) is 29.4 Å². The third-order valence-electron chi connectivity index (χ3n) is 4.30. The molecular formula is C19H20N2O4. The van der Waals surface area contributed by atoms with E-state index in [1.807, 2.05) is 41.7 Å². The highest BCUT2D eigenvalue weighted by Gasteiger charge is 2.25. The molecule has 0 bridgehead atoms. The number of pyridine rings is 1. The summed E-state index contributed by atoms with van der Waals surface area (Å²) in [5.41, 5.74) is 3.39. The summed E-state index contributed by atoms with van der Waals surface area (Å²) in [5, 5.41) is 9.45. The van der Waals surface area contributed by atoms with E-state index >= 15 is 0 Å². The molecule has 130 valence electrons. The van der Waals surface area contributed by atoms with Crippen LogP contribution in [0.4, 0.5) is 0 Å². The van der Waals surface area contributed by atoms with E-state index in [2.05, 4.69) is 4.98 Å². The van der Waals surface area contributed by atoms with E-state index in [9.17, 15) is 9.90 Å². The largest absolute Gasteiger partial charge is 0.497 e. The fraction of sp³-hybridized carbons (Fsp3) is 0.263. The molecule has 3 aromatic rings. The Morgan fingerprint density at radius 1 is 1.24 bits per heavy atom. The Morgan fingerprint density at radius 2 is 2.04 bits per heavy atom. The first-order valence-corrected chi connectivity index (χ1v) is 7.91. The molecule has 1 unspecified atom stereocenters. The molecule has 1 atom stereocenters. The van der Waals surface area contributed by atoms with Gasteiger partial charge >= 0.3 is 5.97 Å². The van der Waals surface area contributed by atoms with Gasteiger partial charge in [-0.3, -0.25) is 4.79 Å². The molecule has 0 spiro atoms. The Balaban J connectivity index is 2.20. The van der Waals surface area contributed by atoms with Crippen molar-refractivity contribution in [1.29, 1.82) is 0 Å². The van der Waals surface area contributed by atoms with Crippen molar-refractivity contribution in [3.05, 3.63) is 59.5 Å². The number of methoxy groups -OCH3 is 2. The monoisotopic (exact) mass is 340 g/mol. The molecule has 1 N–H and O–H groups in total. The molecule has 0 amide bonds. The van der Waals surface area contributed by atoms with Crippen LogP contribution in [0, 0.1) is 6.92 Å². The number of benzene rings is 1. The van der Waals surface area contributed by atoms with Gasteiger partial charge in [0.2, 0.25) is 0 Å². The molecule has 3 rings (SSSR count). The number of aliphatic carboxylic acids is 1. The lowest BCUT2D eigenvalue weighted by atomic mass is 9.91. The van der Waals surface area contributed by atoms with E-state index in [1.165, 1.54) is 0 Å². The molecule has 1 aromatic carbocycles. The Labute approximate surface area is 145 Å². The van der Waals surface area contributed by atoms with Crippen LogP contribution in [0.2, 0.25) is 0 Å². The van der Waals surface area contributed by atoms with Crippen molar-refractivity contribution in [2.75, 3.05) is 14.2 Å². The molecule has 0 aliphatic carbocycles. The molecular weight excluding hydrogens is 320 g/mol. The van der Waals surface area contributed by atoms with Crippen molar-refractivity contribution >= 4 is 11.6 Å². The first-order chi connectivity index (χ1) is 12.0. The van der Waals surface area contributed by atoms with Gasteiger partial charge in [-0.25, -0.2) is 4.98 Å². The maximum Gasteiger partial charge on any atom is 0.304 e. The van der Waals surface area contributed by atoms with E-state index < -0.39 is 11.9 Å². The van der Waals surface area contributed by atoms with Gasteiger partial charge in [-0.15, -0.1) is 0 Å². The van der Waals surface area contributed by atoms with Gasteiger partial charge in [-0.05, 0) is 25.1 Å². The Kier molecular flexibility index (Phi) is 4.61. The molecule has 0 radical (unpaired) electrons. The highest BCUT2D eigenvalue weighted by molar-refractivity contribution is 5.69. The number of carbonyl (C=O) groups is 1. The van der Waals surface area contributed by atoms with Gasteiger partial charge in [0.15, 0.2) is 0 Å². The van der Waals surface area contributed by atoms with Crippen LogP contribution in [0.25, 0.3) is 5.65 Å². The van der Waals surface area contributed by atoms with Crippen LogP contribution < -0.4 is 9.47 Å². The molecule has 2 heterocycles. The van der Waals surface area contributed by atoms with Crippen LogP contribution in [-0.4, -0.2) is 34.7 Å². The predicted molar refractivity (Wildman–Crippen MR) is 93.6 cm³/mol. The summed E-state index contributed by atoms with van der Waals surface area (Å²) in [6, 6.07) is 11.2. The number of fused-ring (bicyclic) bond motifs is 1. The standard InChI is InChI=1S/C19H20N2O4/c1-12-5-4-6-18-20-11-16(21(12)18)15(10-19(22)23)14-8-7-13(24-2)9-17(14)25-3/h4-9,11,15H,10H2,1-3H3,(H,22,23). The van der Waals surface area contributed by atoms with Gasteiger partial charge in [0.1, 0.15) is 17.1 Å². The quantitative estimate of drug-likeness (QED) is 0.745. The lowest BCUT2D eigenvalue weighted by Gasteiger charge is -2.19. The molecule has 2 aromatic heterocycles. The summed E-state index contributed by atoms with van der Waals surface area (Å²) in [6.07, 6.45) is 1.67. The topological polar surface area (TPSA) is 73.1 Å². The molecule has 6 heteroatoms. The molecule has 0 aliphatic rings. The normalized spacial score (nSPS) is 12.1. The van der Waals surface area contributed by atoms with Crippen molar-refractivity contribution in [3.63, 3.8) is 0 Å². The Morgan fingerprint density at radius 3 is 2.72 bits per heavy atom. The Hall–Kier alpha value is -3.02. The fourth-order valence-electron chi connectivity index (χ4n) is 3.13. The number of ether oxygens (including phenoxy) is 2. The predicted octanol–water partition coefficient (Wildman–Crippen LogP) is 3.27. The summed E-state index contributed by atoms with van der Waals surface area (Å²) in [4.78, 5) is 16.0. The summed E-state index contributed by atoms with van der Waals surface area (Å²) < 4.78 is 12.7. The number of aromatic nitrogens is 2. The number of hydrogen-bond acceptors (Lipinski definition) is 4. The maximum absolute atomic E-state index is 11.5. The highest BCUT2D eigenvalue weighted by Crippen LogP contribution is 2.37. The Bertz CT molecular complexity index is 917. The molecule has 0 saturated carbocycles. The summed E-state index contributed by atoms with van der Waals surface area (Å²) in [6.45, 7) is 1.97. The van der Waals surface area contributed by atoms with Gasteiger partial charge in [0.25, 0.3) is 0 Å². The molecule has 0 aliphatic heterocycles. The minimum Gasteiger partial charge on any atom is -0.497 e. The molecule has 0 saturated heterocycles. The zero-order valence-electron chi connectivity index (χ0n) is 14.4. The number of hydrogen-bond donors (Lipinski definition) is 1. The van der Waals surface area contributed by atoms with Gasteiger partial charge in [-0.2, -0.15) is 0 Å². The van der Waals surface area contributed by atoms with Crippen molar-refractivity contribution in [1.82, 2.24) is 9.38 Å². The van der Waals surface area contributed by atoms with Gasteiger partial charge < -0.3 is 19.0 Å². The molecule has 0 fully saturated rings. The fourth-order valence-corrected chi connectivity index (χ4v) is 3.13. The third kappa shape index (κ3) is 3.15. The van der Waals surface area contributed by atoms with Crippen molar-refractivity contribution < 1.29 is 19.4 Å². The first-order valence-electron chi connectivity index (χ1n) is 7.91. The highest BCUT2D eigenvalue weighted by atomic mass is 16.5. The van der Waals surface area contributed by atoms with Crippen LogP contribution in [0.5, 0.6) is 11.5 Å². The summed E-state index contributed by atoms with van der Waals surface area (Å²) in [7, 11) is 3.15. The molecule has 6 nitrogen and oxygen atoms in total. The zero-order chi connectivity index (χ0) is 18.0. The summed E-state index contributed by atoms with van der Waals surface area (Å²) >= 11 is 0. The second-order valence-corrected chi connectivity index (χ2v) is 5.80. The van der Waals surface area contributed by atoms with E-state index in [0.29, 0.717) is 11.5 Å². The SMILES string of the molecule is COc1ccc(C(CC(=O)O)c2cnc3cccc(C)n23)c(OC)c1. The van der Waals surface area contributed by atoms with E-state index in [0.717, 1.165) is 22.6 Å². The minimum atomic E-state index is -0.883. The zero-order valence-corrected chi connectivity index (χ0v) is 14.4. The average Bonchev–Trinajstić information content (AvgIpc) is 3.04. The van der Waals surface area contributed by atoms with E-state index in [-0.39, 0.29) is 6.42 Å². The maximum atomic E-state index is 11.5. The van der Waals surface area contributed by atoms with Crippen LogP contribution in [-0.2, 0) is 4.79 Å². The first kappa shape index (κ1) is 16.8.